The Bertz CT molecular complexity index is 525. The van der Waals surface area contributed by atoms with Crippen molar-refractivity contribution in [3.05, 3.63) is 24.3 Å². The smallest absolute Gasteiger partial charge is 0.105 e. The van der Waals surface area contributed by atoms with Crippen LogP contribution in [0.2, 0.25) is 0 Å². The second-order valence-electron chi connectivity index (χ2n) is 6.30. The average molecular weight is 298 g/mol. The molecule has 2 aliphatic rings. The Morgan fingerprint density at radius 3 is 1.59 bits per heavy atom. The Kier molecular flexibility index (Phi) is 4.76. The van der Waals surface area contributed by atoms with E-state index in [-0.39, 0.29) is 0 Å². The molecule has 4 nitrogen and oxygen atoms in total. The number of amidine groups is 2. The van der Waals surface area contributed by atoms with Gasteiger partial charge >= 0.3 is 0 Å². The van der Waals surface area contributed by atoms with Gasteiger partial charge in [-0.3, -0.25) is 0 Å². The van der Waals surface area contributed by atoms with Gasteiger partial charge in [-0.05, 0) is 37.8 Å². The lowest BCUT2D eigenvalue weighted by Gasteiger charge is -2.27. The molecule has 0 bridgehead atoms. The van der Waals surface area contributed by atoms with E-state index in [1.54, 1.807) is 0 Å². The average Bonchev–Trinajstić information content (AvgIpc) is 2.53. The molecule has 22 heavy (non-hydrogen) atoms. The molecule has 0 radical (unpaired) electrons. The molecule has 2 saturated heterocycles. The normalized spacial score (nSPS) is 23.4. The zero-order valence-corrected chi connectivity index (χ0v) is 13.8. The predicted octanol–water partition coefficient (Wildman–Crippen LogP) is 3.98. The van der Waals surface area contributed by atoms with Gasteiger partial charge in [-0.15, -0.1) is 0 Å². The Hall–Kier alpha value is -1.84. The molecule has 0 amide bonds. The lowest BCUT2D eigenvalue weighted by molar-refractivity contribution is 0.434. The predicted molar refractivity (Wildman–Crippen MR) is 93.6 cm³/mol. The Balaban J connectivity index is 1.89. The van der Waals surface area contributed by atoms with E-state index in [9.17, 15) is 0 Å². The van der Waals surface area contributed by atoms with Crippen LogP contribution in [0.25, 0.3) is 0 Å². The van der Waals surface area contributed by atoms with Crippen molar-refractivity contribution < 1.29 is 0 Å². The fourth-order valence-electron chi connectivity index (χ4n) is 3.12. The van der Waals surface area contributed by atoms with Crippen molar-refractivity contribution in [3.63, 3.8) is 0 Å². The van der Waals surface area contributed by atoms with Crippen LogP contribution in [0.3, 0.4) is 0 Å². The van der Waals surface area contributed by atoms with E-state index in [4.69, 9.17) is 9.98 Å². The molecule has 0 aliphatic carbocycles. The number of aliphatic imine (C=N–C) groups is 2. The van der Waals surface area contributed by atoms with Crippen molar-refractivity contribution >= 4 is 23.0 Å². The number of nitrogens with zero attached hydrogens (tertiary/aromatic N) is 4. The van der Waals surface area contributed by atoms with Gasteiger partial charge in [0, 0.05) is 40.0 Å². The molecule has 0 saturated carbocycles. The van der Waals surface area contributed by atoms with Gasteiger partial charge in [0.15, 0.2) is 0 Å². The molecule has 118 valence electrons. The number of para-hydroxylation sites is 2. The van der Waals surface area contributed by atoms with Crippen LogP contribution >= 0.6 is 0 Å². The summed E-state index contributed by atoms with van der Waals surface area (Å²) in [7, 11) is 4.28. The van der Waals surface area contributed by atoms with Crippen LogP contribution in [0.5, 0.6) is 0 Å². The maximum Gasteiger partial charge on any atom is 0.105 e. The molecule has 2 fully saturated rings. The van der Waals surface area contributed by atoms with Crippen LogP contribution in [0.15, 0.2) is 34.3 Å². The van der Waals surface area contributed by atoms with Crippen LogP contribution < -0.4 is 0 Å². The lowest BCUT2D eigenvalue weighted by atomic mass is 10.1. The molecule has 2 heterocycles. The lowest BCUT2D eigenvalue weighted by Crippen LogP contribution is -2.31. The highest BCUT2D eigenvalue weighted by atomic mass is 15.2. The summed E-state index contributed by atoms with van der Waals surface area (Å²) >= 11 is 0. The Morgan fingerprint density at radius 2 is 1.18 bits per heavy atom. The number of piperidine rings is 2. The quantitative estimate of drug-likeness (QED) is 0.827. The van der Waals surface area contributed by atoms with E-state index in [2.05, 4.69) is 48.2 Å². The van der Waals surface area contributed by atoms with Crippen molar-refractivity contribution in [1.29, 1.82) is 0 Å². The summed E-state index contributed by atoms with van der Waals surface area (Å²) in [6.45, 7) is 2.22. The molecule has 2 aliphatic heterocycles. The van der Waals surface area contributed by atoms with Crippen LogP contribution in [0.4, 0.5) is 11.4 Å². The highest BCUT2D eigenvalue weighted by molar-refractivity contribution is 5.90. The molecular formula is C18H26N4. The Labute approximate surface area is 133 Å². The monoisotopic (exact) mass is 298 g/mol. The summed E-state index contributed by atoms with van der Waals surface area (Å²) in [5.41, 5.74) is 2.00. The summed E-state index contributed by atoms with van der Waals surface area (Å²) in [5, 5.41) is 0. The van der Waals surface area contributed by atoms with Gasteiger partial charge < -0.3 is 9.80 Å². The van der Waals surface area contributed by atoms with Crippen molar-refractivity contribution in [1.82, 2.24) is 9.80 Å². The molecule has 0 atom stereocenters. The standard InChI is InChI=1S/C18H26N4/c1-21-13-7-5-11-17(21)19-15-9-3-4-10-16(15)20-18-12-6-8-14-22(18)2/h3-4,9-10H,5-8,11-14H2,1-2H3. The Morgan fingerprint density at radius 1 is 0.727 bits per heavy atom. The summed E-state index contributed by atoms with van der Waals surface area (Å²) in [6.07, 6.45) is 7.16. The van der Waals surface area contributed by atoms with Gasteiger partial charge in [0.25, 0.3) is 0 Å². The second-order valence-corrected chi connectivity index (χ2v) is 6.30. The third-order valence-electron chi connectivity index (χ3n) is 4.55. The number of benzene rings is 1. The molecule has 1 aromatic carbocycles. The second kappa shape index (κ2) is 6.95. The minimum absolute atomic E-state index is 0.998. The van der Waals surface area contributed by atoms with Gasteiger partial charge in [-0.25, -0.2) is 9.98 Å². The van der Waals surface area contributed by atoms with Gasteiger partial charge in [-0.1, -0.05) is 12.1 Å². The first-order valence-corrected chi connectivity index (χ1v) is 8.40. The van der Waals surface area contributed by atoms with Crippen LogP contribution in [-0.4, -0.2) is 48.7 Å². The molecule has 3 rings (SSSR count). The van der Waals surface area contributed by atoms with Crippen molar-refractivity contribution in [2.24, 2.45) is 9.98 Å². The zero-order valence-electron chi connectivity index (χ0n) is 13.8. The van der Waals surface area contributed by atoms with Crippen LogP contribution in [-0.2, 0) is 0 Å². The third kappa shape index (κ3) is 3.49. The number of hydrogen-bond donors (Lipinski definition) is 0. The van der Waals surface area contributed by atoms with Gasteiger partial charge in [0.2, 0.25) is 0 Å². The topological polar surface area (TPSA) is 31.2 Å². The van der Waals surface area contributed by atoms with E-state index >= 15 is 0 Å². The SMILES string of the molecule is CN1CCCCC1=Nc1ccccc1N=C1CCCCN1C. The summed E-state index contributed by atoms with van der Waals surface area (Å²) in [6, 6.07) is 8.27. The number of rotatable bonds is 2. The fourth-order valence-corrected chi connectivity index (χ4v) is 3.12. The number of hydrogen-bond acceptors (Lipinski definition) is 2. The highest BCUT2D eigenvalue weighted by Crippen LogP contribution is 2.30. The number of likely N-dealkylation sites (tertiary alicyclic amines) is 2. The van der Waals surface area contributed by atoms with E-state index in [0.717, 1.165) is 37.3 Å². The molecule has 1 aromatic rings. The van der Waals surface area contributed by atoms with E-state index in [1.807, 2.05) is 0 Å². The third-order valence-corrected chi connectivity index (χ3v) is 4.55. The summed E-state index contributed by atoms with van der Waals surface area (Å²) < 4.78 is 0. The van der Waals surface area contributed by atoms with Crippen molar-refractivity contribution in [2.75, 3.05) is 27.2 Å². The summed E-state index contributed by atoms with van der Waals surface area (Å²) in [4.78, 5) is 14.4. The molecular weight excluding hydrogens is 272 g/mol. The highest BCUT2D eigenvalue weighted by Gasteiger charge is 2.15. The minimum Gasteiger partial charge on any atom is -0.363 e. The summed E-state index contributed by atoms with van der Waals surface area (Å²) in [5.74, 6) is 2.38. The van der Waals surface area contributed by atoms with E-state index in [1.165, 1.54) is 37.4 Å². The molecule has 4 heteroatoms. The molecule has 0 unspecified atom stereocenters. The molecule has 0 N–H and O–H groups in total. The van der Waals surface area contributed by atoms with Crippen molar-refractivity contribution in [2.45, 2.75) is 38.5 Å². The van der Waals surface area contributed by atoms with Crippen LogP contribution in [0.1, 0.15) is 38.5 Å². The van der Waals surface area contributed by atoms with Gasteiger partial charge in [0.1, 0.15) is 11.7 Å². The van der Waals surface area contributed by atoms with Gasteiger partial charge in [-0.2, -0.15) is 0 Å². The largest absolute Gasteiger partial charge is 0.363 e. The first-order chi connectivity index (χ1) is 10.7. The van der Waals surface area contributed by atoms with Crippen LogP contribution in [0, 0.1) is 0 Å². The minimum atomic E-state index is 0.998. The fraction of sp³-hybridized carbons (Fsp3) is 0.556. The van der Waals surface area contributed by atoms with Crippen molar-refractivity contribution in [3.8, 4) is 0 Å². The van der Waals surface area contributed by atoms with E-state index < -0.39 is 0 Å². The zero-order chi connectivity index (χ0) is 15.4. The maximum atomic E-state index is 4.91. The first kappa shape index (κ1) is 15.1. The maximum absolute atomic E-state index is 4.91. The molecule has 0 aromatic heterocycles. The molecule has 0 spiro atoms. The van der Waals surface area contributed by atoms with Gasteiger partial charge in [0.05, 0.1) is 11.4 Å². The first-order valence-electron chi connectivity index (χ1n) is 8.40. The van der Waals surface area contributed by atoms with E-state index in [0.29, 0.717) is 0 Å².